The standard InChI is InChI=1S/C31H25ClN4O3/c32-23-5-3-6-24-29(23)34-30(19-11-12-19)36(24)16-17-8-13-20-22(14-17)26(15-27-33-31(37)39-35-27)38-25-7-2-1-4-21(25)28(20)18-9-10-18/h1-8,13-15,18-19,28H,9-12,16H2,(H,33,35,37). The summed E-state index contributed by atoms with van der Waals surface area (Å²) in [6.45, 7) is 0.672. The lowest BCUT2D eigenvalue weighted by atomic mass is 9.83. The van der Waals surface area contributed by atoms with Gasteiger partial charge in [0.2, 0.25) is 0 Å². The van der Waals surface area contributed by atoms with Crippen LogP contribution >= 0.6 is 11.6 Å². The van der Waals surface area contributed by atoms with Crippen molar-refractivity contribution in [2.45, 2.75) is 44.1 Å². The summed E-state index contributed by atoms with van der Waals surface area (Å²) >= 11 is 6.54. The molecular weight excluding hydrogens is 512 g/mol. The van der Waals surface area contributed by atoms with Crippen molar-refractivity contribution in [1.29, 1.82) is 0 Å². The van der Waals surface area contributed by atoms with E-state index < -0.39 is 5.76 Å². The predicted molar refractivity (Wildman–Crippen MR) is 149 cm³/mol. The van der Waals surface area contributed by atoms with Crippen LogP contribution in [-0.4, -0.2) is 19.7 Å². The Morgan fingerprint density at radius 3 is 2.69 bits per heavy atom. The van der Waals surface area contributed by atoms with Crippen LogP contribution in [0, 0.1) is 5.92 Å². The fourth-order valence-electron chi connectivity index (χ4n) is 5.96. The van der Waals surface area contributed by atoms with Gasteiger partial charge in [0.05, 0.1) is 10.5 Å². The fraction of sp³-hybridized carbons (Fsp3) is 0.258. The Morgan fingerprint density at radius 2 is 1.90 bits per heavy atom. The van der Waals surface area contributed by atoms with E-state index >= 15 is 0 Å². The van der Waals surface area contributed by atoms with Crippen molar-refractivity contribution in [2.75, 3.05) is 0 Å². The number of imidazole rings is 1. The normalized spacial score (nSPS) is 19.5. The predicted octanol–water partition coefficient (Wildman–Crippen LogP) is 6.72. The quantitative estimate of drug-likeness (QED) is 0.269. The second-order valence-corrected chi connectivity index (χ2v) is 11.2. The summed E-state index contributed by atoms with van der Waals surface area (Å²) in [7, 11) is 0. The highest BCUT2D eigenvalue weighted by Gasteiger charge is 2.39. The van der Waals surface area contributed by atoms with Gasteiger partial charge in [-0.15, -0.1) is 0 Å². The fourth-order valence-corrected chi connectivity index (χ4v) is 6.17. The molecule has 2 aliphatic carbocycles. The van der Waals surface area contributed by atoms with E-state index in [0.717, 1.165) is 46.6 Å². The van der Waals surface area contributed by atoms with Gasteiger partial charge in [0.1, 0.15) is 22.8 Å². The number of hydrogen-bond donors (Lipinski definition) is 1. The van der Waals surface area contributed by atoms with Crippen LogP contribution in [0.3, 0.4) is 0 Å². The van der Waals surface area contributed by atoms with E-state index in [4.69, 9.17) is 25.8 Å². The number of rotatable bonds is 5. The Labute approximate surface area is 229 Å². The monoisotopic (exact) mass is 536 g/mol. The van der Waals surface area contributed by atoms with E-state index in [2.05, 4.69) is 51.1 Å². The molecule has 8 heteroatoms. The lowest BCUT2D eigenvalue weighted by Gasteiger charge is -2.19. The van der Waals surface area contributed by atoms with Crippen LogP contribution in [-0.2, 0) is 6.54 Å². The Bertz CT molecular complexity index is 1840. The molecule has 5 aromatic rings. The van der Waals surface area contributed by atoms with Gasteiger partial charge < -0.3 is 9.30 Å². The van der Waals surface area contributed by atoms with Crippen LogP contribution < -0.4 is 10.5 Å². The van der Waals surface area contributed by atoms with Gasteiger partial charge in [0.15, 0.2) is 5.82 Å². The average molecular weight is 537 g/mol. The highest BCUT2D eigenvalue weighted by Crippen LogP contribution is 2.52. The molecule has 1 aliphatic heterocycles. The number of H-pyrrole nitrogens is 1. The lowest BCUT2D eigenvalue weighted by Crippen LogP contribution is -2.08. The molecule has 2 aromatic heterocycles. The summed E-state index contributed by atoms with van der Waals surface area (Å²) in [6.07, 6.45) is 6.46. The first-order valence-corrected chi connectivity index (χ1v) is 13.8. The molecule has 8 rings (SSSR count). The Kier molecular flexibility index (Phi) is 5.10. The first-order chi connectivity index (χ1) is 19.1. The summed E-state index contributed by atoms with van der Waals surface area (Å²) in [6, 6.07) is 20.9. The number of benzene rings is 3. The van der Waals surface area contributed by atoms with E-state index in [1.165, 1.54) is 24.0 Å². The molecule has 0 bridgehead atoms. The van der Waals surface area contributed by atoms with E-state index in [1.54, 1.807) is 6.08 Å². The van der Waals surface area contributed by atoms with Crippen molar-refractivity contribution in [3.63, 3.8) is 0 Å². The number of para-hydroxylation sites is 2. The van der Waals surface area contributed by atoms with Crippen LogP contribution in [0.2, 0.25) is 5.02 Å². The number of fused-ring (bicyclic) bond motifs is 3. The molecule has 3 aromatic carbocycles. The molecule has 0 spiro atoms. The molecule has 1 unspecified atom stereocenters. The molecule has 194 valence electrons. The zero-order chi connectivity index (χ0) is 26.1. The highest BCUT2D eigenvalue weighted by molar-refractivity contribution is 6.34. The number of aromatic amines is 1. The third-order valence-electron chi connectivity index (χ3n) is 8.05. The molecule has 2 saturated carbocycles. The zero-order valence-corrected chi connectivity index (χ0v) is 21.8. The molecule has 0 amide bonds. The Hall–Kier alpha value is -4.10. The van der Waals surface area contributed by atoms with Crippen molar-refractivity contribution >= 4 is 34.5 Å². The molecule has 2 fully saturated rings. The molecule has 7 nitrogen and oxygen atoms in total. The SMILES string of the molecule is O=c1[nH]c(C=C2Oc3ccccc3C(C3CC3)c3ccc(Cn4c(C5CC5)nc5c(Cl)cccc54)cc32)no1. The van der Waals surface area contributed by atoms with Crippen molar-refractivity contribution in [2.24, 2.45) is 5.92 Å². The third kappa shape index (κ3) is 4.00. The molecule has 3 heterocycles. The minimum atomic E-state index is -0.598. The van der Waals surface area contributed by atoms with Gasteiger partial charge in [-0.1, -0.05) is 53.2 Å². The average Bonchev–Trinajstić information content (AvgIpc) is 3.87. The van der Waals surface area contributed by atoms with E-state index in [1.807, 2.05) is 24.3 Å². The molecular formula is C31H25ClN4O3. The van der Waals surface area contributed by atoms with Crippen LogP contribution in [0.25, 0.3) is 22.9 Å². The van der Waals surface area contributed by atoms with Gasteiger partial charge in [-0.25, -0.2) is 9.78 Å². The lowest BCUT2D eigenvalue weighted by molar-refractivity contribution is 0.385. The second-order valence-electron chi connectivity index (χ2n) is 10.8. The summed E-state index contributed by atoms with van der Waals surface area (Å²) < 4.78 is 13.7. The van der Waals surface area contributed by atoms with Gasteiger partial charge in [-0.05, 0) is 67.0 Å². The van der Waals surface area contributed by atoms with E-state index in [0.29, 0.717) is 35.0 Å². The molecule has 3 aliphatic rings. The molecule has 0 radical (unpaired) electrons. The molecule has 1 N–H and O–H groups in total. The maximum absolute atomic E-state index is 11.7. The second kappa shape index (κ2) is 8.71. The van der Waals surface area contributed by atoms with Crippen LogP contribution in [0.1, 0.15) is 71.4 Å². The van der Waals surface area contributed by atoms with Crippen LogP contribution in [0.4, 0.5) is 0 Å². The maximum Gasteiger partial charge on any atom is 0.439 e. The minimum absolute atomic E-state index is 0.238. The van der Waals surface area contributed by atoms with Gasteiger partial charge in [-0.2, -0.15) is 0 Å². The zero-order valence-electron chi connectivity index (χ0n) is 21.1. The van der Waals surface area contributed by atoms with Crippen molar-refractivity contribution < 1.29 is 9.26 Å². The number of halogens is 1. The van der Waals surface area contributed by atoms with Crippen molar-refractivity contribution in [3.8, 4) is 5.75 Å². The summed E-state index contributed by atoms with van der Waals surface area (Å²) in [5, 5.41) is 4.56. The number of hydrogen-bond acceptors (Lipinski definition) is 5. The molecule has 39 heavy (non-hydrogen) atoms. The van der Waals surface area contributed by atoms with Gasteiger partial charge in [-0.3, -0.25) is 9.51 Å². The van der Waals surface area contributed by atoms with E-state index in [9.17, 15) is 4.79 Å². The number of aromatic nitrogens is 4. The smallest absolute Gasteiger partial charge is 0.439 e. The Morgan fingerprint density at radius 1 is 1.03 bits per heavy atom. The van der Waals surface area contributed by atoms with Gasteiger partial charge in [0.25, 0.3) is 0 Å². The topological polar surface area (TPSA) is 85.9 Å². The summed E-state index contributed by atoms with van der Waals surface area (Å²) in [5.41, 5.74) is 6.47. The van der Waals surface area contributed by atoms with E-state index in [-0.39, 0.29) is 5.92 Å². The highest BCUT2D eigenvalue weighted by atomic mass is 35.5. The summed E-state index contributed by atoms with van der Waals surface area (Å²) in [4.78, 5) is 19.3. The van der Waals surface area contributed by atoms with Gasteiger partial charge in [0, 0.05) is 35.6 Å². The van der Waals surface area contributed by atoms with Crippen molar-refractivity contribution in [3.05, 3.63) is 110 Å². The van der Waals surface area contributed by atoms with Crippen LogP contribution in [0.5, 0.6) is 5.75 Å². The largest absolute Gasteiger partial charge is 0.456 e. The van der Waals surface area contributed by atoms with Crippen LogP contribution in [0.15, 0.2) is 70.0 Å². The van der Waals surface area contributed by atoms with Gasteiger partial charge >= 0.3 is 5.76 Å². The maximum atomic E-state index is 11.7. The number of nitrogens with zero attached hydrogens (tertiary/aromatic N) is 3. The number of nitrogens with one attached hydrogen (secondary N) is 1. The Balaban J connectivity index is 1.29. The minimum Gasteiger partial charge on any atom is -0.456 e. The summed E-state index contributed by atoms with van der Waals surface area (Å²) in [5.74, 6) is 3.57. The number of ether oxygens (including phenoxy) is 1. The first kappa shape index (κ1) is 22.8. The first-order valence-electron chi connectivity index (χ1n) is 13.4. The molecule has 1 atom stereocenters. The van der Waals surface area contributed by atoms with Crippen molar-refractivity contribution in [1.82, 2.24) is 19.7 Å². The third-order valence-corrected chi connectivity index (χ3v) is 8.36. The molecule has 0 saturated heterocycles.